The van der Waals surface area contributed by atoms with Crippen LogP contribution in [0, 0.1) is 0 Å². The predicted octanol–water partition coefficient (Wildman–Crippen LogP) is 1.30. The van der Waals surface area contributed by atoms with E-state index in [0.717, 1.165) is 31.6 Å². The van der Waals surface area contributed by atoms with Gasteiger partial charge in [0.1, 0.15) is 5.75 Å². The van der Waals surface area contributed by atoms with Crippen molar-refractivity contribution in [2.24, 2.45) is 0 Å². The Labute approximate surface area is 164 Å². The number of carbonyl (C=O) groups excluding carboxylic acids is 1. The van der Waals surface area contributed by atoms with E-state index in [-0.39, 0.29) is 17.5 Å². The molecule has 1 amide bonds. The molecule has 0 unspecified atom stereocenters. The Bertz CT molecular complexity index is 859. The Morgan fingerprint density at radius 2 is 2.00 bits per heavy atom. The summed E-state index contributed by atoms with van der Waals surface area (Å²) < 4.78 is 11.6. The first kappa shape index (κ1) is 19.9. The highest BCUT2D eigenvalue weighted by atomic mass is 16.5. The number of hydrogen-bond acceptors (Lipinski definition) is 6. The van der Waals surface area contributed by atoms with E-state index in [2.05, 4.69) is 15.3 Å². The molecule has 3 rings (SSSR count). The first-order valence-corrected chi connectivity index (χ1v) is 9.37. The number of para-hydroxylation sites is 1. The minimum absolute atomic E-state index is 0.0868. The van der Waals surface area contributed by atoms with Gasteiger partial charge in [-0.25, -0.2) is 4.68 Å². The molecule has 2 aromatic rings. The highest BCUT2D eigenvalue weighted by Gasteiger charge is 2.23. The van der Waals surface area contributed by atoms with E-state index in [1.54, 1.807) is 38.6 Å². The van der Waals surface area contributed by atoms with Gasteiger partial charge in [-0.3, -0.25) is 9.59 Å². The number of amides is 1. The van der Waals surface area contributed by atoms with Gasteiger partial charge in [0.25, 0.3) is 11.5 Å². The number of nitrogens with one attached hydrogen (secondary N) is 1. The second kappa shape index (κ2) is 9.36. The molecule has 28 heavy (non-hydrogen) atoms. The first-order valence-electron chi connectivity index (χ1n) is 9.37. The van der Waals surface area contributed by atoms with Crippen molar-refractivity contribution in [3.8, 4) is 5.75 Å². The molecular formula is C20H26N4O4. The molecule has 0 bridgehead atoms. The number of piperidine rings is 1. The van der Waals surface area contributed by atoms with Gasteiger partial charge >= 0.3 is 0 Å². The van der Waals surface area contributed by atoms with Crippen LogP contribution in [-0.4, -0.2) is 55.6 Å². The zero-order valence-corrected chi connectivity index (χ0v) is 16.3. The minimum atomic E-state index is -0.138. The van der Waals surface area contributed by atoms with E-state index < -0.39 is 0 Å². The van der Waals surface area contributed by atoms with Gasteiger partial charge in [0.2, 0.25) is 0 Å². The molecule has 8 heteroatoms. The SMILES string of the molecule is COCCn1ncc(N2CCC(NC(=O)c3ccccc3OC)CC2)cc1=O. The van der Waals surface area contributed by atoms with Crippen molar-refractivity contribution in [1.29, 1.82) is 0 Å². The van der Waals surface area contributed by atoms with Gasteiger partial charge in [-0.05, 0) is 25.0 Å². The summed E-state index contributed by atoms with van der Waals surface area (Å²) in [6.07, 6.45) is 3.31. The molecule has 1 saturated heterocycles. The Morgan fingerprint density at radius 3 is 2.68 bits per heavy atom. The lowest BCUT2D eigenvalue weighted by atomic mass is 10.0. The van der Waals surface area contributed by atoms with Crippen LogP contribution in [0.5, 0.6) is 5.75 Å². The Kier molecular flexibility index (Phi) is 6.65. The van der Waals surface area contributed by atoms with Gasteiger partial charge in [0, 0.05) is 32.3 Å². The fourth-order valence-electron chi connectivity index (χ4n) is 3.32. The van der Waals surface area contributed by atoms with Crippen LogP contribution in [0.3, 0.4) is 0 Å². The summed E-state index contributed by atoms with van der Waals surface area (Å²) in [5.74, 6) is 0.441. The molecule has 0 aliphatic carbocycles. The number of nitrogens with zero attached hydrogens (tertiary/aromatic N) is 3. The van der Waals surface area contributed by atoms with Crippen LogP contribution >= 0.6 is 0 Å². The third-order valence-corrected chi connectivity index (χ3v) is 4.91. The summed E-state index contributed by atoms with van der Waals surface area (Å²) in [6.45, 7) is 2.39. The average molecular weight is 386 g/mol. The maximum Gasteiger partial charge on any atom is 0.268 e. The molecule has 150 valence electrons. The van der Waals surface area contributed by atoms with Gasteiger partial charge < -0.3 is 19.7 Å². The number of ether oxygens (including phenoxy) is 2. The van der Waals surface area contributed by atoms with E-state index in [4.69, 9.17) is 9.47 Å². The molecule has 1 aromatic heterocycles. The Morgan fingerprint density at radius 1 is 1.25 bits per heavy atom. The second-order valence-corrected chi connectivity index (χ2v) is 6.70. The van der Waals surface area contributed by atoms with Crippen molar-refractivity contribution in [3.05, 3.63) is 52.4 Å². The topological polar surface area (TPSA) is 85.7 Å². The van der Waals surface area contributed by atoms with Gasteiger partial charge in [0.15, 0.2) is 0 Å². The quantitative estimate of drug-likeness (QED) is 0.772. The fourth-order valence-corrected chi connectivity index (χ4v) is 3.32. The molecular weight excluding hydrogens is 360 g/mol. The molecule has 0 saturated carbocycles. The van der Waals surface area contributed by atoms with Gasteiger partial charge in [-0.1, -0.05) is 12.1 Å². The number of hydrogen-bond donors (Lipinski definition) is 1. The molecule has 1 fully saturated rings. The standard InChI is InChI=1S/C20H26N4O4/c1-27-12-11-24-19(25)13-16(14-21-24)23-9-7-15(8-10-23)22-20(26)17-5-3-4-6-18(17)28-2/h3-6,13-15H,7-12H2,1-2H3,(H,22,26). The number of methoxy groups -OCH3 is 2. The van der Waals surface area contributed by atoms with Crippen LogP contribution in [0.4, 0.5) is 5.69 Å². The molecule has 1 aromatic carbocycles. The monoisotopic (exact) mass is 386 g/mol. The normalized spacial score (nSPS) is 14.7. The second-order valence-electron chi connectivity index (χ2n) is 6.70. The minimum Gasteiger partial charge on any atom is -0.496 e. The summed E-state index contributed by atoms with van der Waals surface area (Å²) in [6, 6.07) is 8.89. The summed E-state index contributed by atoms with van der Waals surface area (Å²) in [4.78, 5) is 26.8. The van der Waals surface area contributed by atoms with Crippen LogP contribution < -0.4 is 20.5 Å². The van der Waals surface area contributed by atoms with Crippen molar-refractivity contribution in [1.82, 2.24) is 15.1 Å². The van der Waals surface area contributed by atoms with Crippen molar-refractivity contribution in [2.45, 2.75) is 25.4 Å². The average Bonchev–Trinajstić information content (AvgIpc) is 2.73. The highest BCUT2D eigenvalue weighted by Crippen LogP contribution is 2.20. The van der Waals surface area contributed by atoms with E-state index in [1.807, 2.05) is 12.1 Å². The third kappa shape index (κ3) is 4.69. The predicted molar refractivity (Wildman–Crippen MR) is 106 cm³/mol. The van der Waals surface area contributed by atoms with E-state index in [0.29, 0.717) is 24.5 Å². The van der Waals surface area contributed by atoms with Crippen LogP contribution in [0.25, 0.3) is 0 Å². The summed E-state index contributed by atoms with van der Waals surface area (Å²) >= 11 is 0. The van der Waals surface area contributed by atoms with Crippen LogP contribution in [0.15, 0.2) is 41.3 Å². The zero-order chi connectivity index (χ0) is 19.9. The summed E-state index contributed by atoms with van der Waals surface area (Å²) in [5.41, 5.74) is 1.21. The number of carbonyl (C=O) groups is 1. The molecule has 1 N–H and O–H groups in total. The third-order valence-electron chi connectivity index (χ3n) is 4.91. The molecule has 0 radical (unpaired) electrons. The van der Waals surface area contributed by atoms with Crippen molar-refractivity contribution < 1.29 is 14.3 Å². The molecule has 1 aliphatic heterocycles. The Hall–Kier alpha value is -2.87. The maximum absolute atomic E-state index is 12.5. The number of rotatable bonds is 7. The first-order chi connectivity index (χ1) is 13.6. The lowest BCUT2D eigenvalue weighted by molar-refractivity contribution is 0.0928. The van der Waals surface area contributed by atoms with E-state index in [1.165, 1.54) is 4.68 Å². The fraction of sp³-hybridized carbons (Fsp3) is 0.450. The highest BCUT2D eigenvalue weighted by molar-refractivity contribution is 5.97. The van der Waals surface area contributed by atoms with Crippen molar-refractivity contribution >= 4 is 11.6 Å². The zero-order valence-electron chi connectivity index (χ0n) is 16.3. The number of aromatic nitrogens is 2. The van der Waals surface area contributed by atoms with Crippen molar-refractivity contribution in [2.75, 3.05) is 38.8 Å². The molecule has 0 atom stereocenters. The van der Waals surface area contributed by atoms with Crippen LogP contribution in [0.2, 0.25) is 0 Å². The number of anilines is 1. The van der Waals surface area contributed by atoms with Gasteiger partial charge in [-0.2, -0.15) is 5.10 Å². The van der Waals surface area contributed by atoms with Gasteiger partial charge in [-0.15, -0.1) is 0 Å². The molecule has 1 aliphatic rings. The van der Waals surface area contributed by atoms with E-state index >= 15 is 0 Å². The van der Waals surface area contributed by atoms with Crippen LogP contribution in [0.1, 0.15) is 23.2 Å². The Balaban J connectivity index is 1.56. The van der Waals surface area contributed by atoms with Crippen molar-refractivity contribution in [3.63, 3.8) is 0 Å². The van der Waals surface area contributed by atoms with Gasteiger partial charge in [0.05, 0.1) is 37.7 Å². The lowest BCUT2D eigenvalue weighted by Crippen LogP contribution is -2.45. The van der Waals surface area contributed by atoms with E-state index in [9.17, 15) is 9.59 Å². The molecule has 8 nitrogen and oxygen atoms in total. The number of benzene rings is 1. The maximum atomic E-state index is 12.5. The largest absolute Gasteiger partial charge is 0.496 e. The molecule has 2 heterocycles. The smallest absolute Gasteiger partial charge is 0.268 e. The summed E-state index contributed by atoms with van der Waals surface area (Å²) in [7, 11) is 3.15. The molecule has 0 spiro atoms. The van der Waals surface area contributed by atoms with Crippen LogP contribution in [-0.2, 0) is 11.3 Å². The lowest BCUT2D eigenvalue weighted by Gasteiger charge is -2.33. The summed E-state index contributed by atoms with van der Waals surface area (Å²) in [5, 5.41) is 7.30.